The standard InChI is InChI=1S/C16H12N4S/c1-2-11-13(9-10(1)16-17-6-7-18-16)20-12-5-8-21-14(12)3-4-15(20)19-11/h1-5,8-9H,6-7H2,(H,17,18). The van der Waals surface area contributed by atoms with E-state index < -0.39 is 0 Å². The minimum Gasteiger partial charge on any atom is -0.368 e. The monoisotopic (exact) mass is 292 g/mol. The number of fused-ring (bicyclic) bond motifs is 5. The van der Waals surface area contributed by atoms with E-state index in [1.807, 2.05) is 0 Å². The summed E-state index contributed by atoms with van der Waals surface area (Å²) in [7, 11) is 0. The molecule has 4 aromatic rings. The zero-order chi connectivity index (χ0) is 13.8. The van der Waals surface area contributed by atoms with Crippen molar-refractivity contribution in [3.63, 3.8) is 0 Å². The third kappa shape index (κ3) is 1.55. The van der Waals surface area contributed by atoms with E-state index >= 15 is 0 Å². The van der Waals surface area contributed by atoms with Crippen LogP contribution >= 0.6 is 11.3 Å². The summed E-state index contributed by atoms with van der Waals surface area (Å²) in [4.78, 5) is 9.23. The molecular formula is C16H12N4S. The zero-order valence-electron chi connectivity index (χ0n) is 11.2. The van der Waals surface area contributed by atoms with Crippen molar-refractivity contribution in [3.05, 3.63) is 47.3 Å². The second kappa shape index (κ2) is 4.05. The van der Waals surface area contributed by atoms with Crippen molar-refractivity contribution in [1.29, 1.82) is 0 Å². The predicted octanol–water partition coefficient (Wildman–Crippen LogP) is 3.05. The van der Waals surface area contributed by atoms with Gasteiger partial charge in [-0.1, -0.05) is 0 Å². The van der Waals surface area contributed by atoms with E-state index in [4.69, 9.17) is 4.98 Å². The van der Waals surface area contributed by atoms with Crippen molar-refractivity contribution in [2.45, 2.75) is 0 Å². The van der Waals surface area contributed by atoms with Gasteiger partial charge in [0.1, 0.15) is 11.5 Å². The second-order valence-corrected chi connectivity index (χ2v) is 6.12. The van der Waals surface area contributed by atoms with Gasteiger partial charge in [-0.3, -0.25) is 9.39 Å². The Hall–Kier alpha value is -2.40. The van der Waals surface area contributed by atoms with Gasteiger partial charge in [0, 0.05) is 12.1 Å². The molecule has 4 heterocycles. The Labute approximate surface area is 124 Å². The number of aliphatic imine (C=N–C) groups is 1. The fourth-order valence-corrected chi connectivity index (χ4v) is 3.74. The average molecular weight is 292 g/mol. The number of imidazole rings is 1. The van der Waals surface area contributed by atoms with Gasteiger partial charge in [0.25, 0.3) is 0 Å². The normalized spacial score (nSPS) is 15.0. The highest BCUT2D eigenvalue weighted by molar-refractivity contribution is 7.17. The van der Waals surface area contributed by atoms with Crippen LogP contribution in [0.1, 0.15) is 5.56 Å². The first-order valence-electron chi connectivity index (χ1n) is 6.97. The van der Waals surface area contributed by atoms with Gasteiger partial charge >= 0.3 is 0 Å². The highest BCUT2D eigenvalue weighted by Crippen LogP contribution is 2.27. The van der Waals surface area contributed by atoms with Crippen molar-refractivity contribution >= 4 is 44.1 Å². The van der Waals surface area contributed by atoms with Gasteiger partial charge in [0.2, 0.25) is 0 Å². The Balaban J connectivity index is 1.90. The van der Waals surface area contributed by atoms with Gasteiger partial charge in [-0.2, -0.15) is 0 Å². The largest absolute Gasteiger partial charge is 0.368 e. The molecule has 1 aliphatic rings. The van der Waals surface area contributed by atoms with Crippen LogP contribution in [-0.2, 0) is 0 Å². The van der Waals surface area contributed by atoms with Crippen molar-refractivity contribution < 1.29 is 0 Å². The van der Waals surface area contributed by atoms with Crippen LogP contribution in [0.5, 0.6) is 0 Å². The topological polar surface area (TPSA) is 41.7 Å². The lowest BCUT2D eigenvalue weighted by Crippen LogP contribution is -2.19. The molecule has 21 heavy (non-hydrogen) atoms. The number of rotatable bonds is 1. The quantitative estimate of drug-likeness (QED) is 0.586. The third-order valence-electron chi connectivity index (χ3n) is 3.93. The lowest BCUT2D eigenvalue weighted by Gasteiger charge is -2.03. The number of nitrogens with one attached hydrogen (secondary N) is 1. The lowest BCUT2D eigenvalue weighted by molar-refractivity contribution is 0.960. The first kappa shape index (κ1) is 11.3. The number of aromatic nitrogens is 2. The summed E-state index contributed by atoms with van der Waals surface area (Å²) in [6, 6.07) is 12.7. The minimum atomic E-state index is 0.856. The van der Waals surface area contributed by atoms with Crippen molar-refractivity contribution in [2.75, 3.05) is 13.1 Å². The predicted molar refractivity (Wildman–Crippen MR) is 87.5 cm³/mol. The second-order valence-electron chi connectivity index (χ2n) is 5.17. The Morgan fingerprint density at radius 3 is 3.00 bits per heavy atom. The molecular weight excluding hydrogens is 280 g/mol. The average Bonchev–Trinajstić information content (AvgIpc) is 3.24. The van der Waals surface area contributed by atoms with E-state index in [1.165, 1.54) is 10.2 Å². The molecule has 0 radical (unpaired) electrons. The van der Waals surface area contributed by atoms with Crippen LogP contribution in [0, 0.1) is 0 Å². The Kier molecular flexibility index (Phi) is 2.18. The van der Waals surface area contributed by atoms with Gasteiger partial charge in [-0.25, -0.2) is 4.98 Å². The maximum atomic E-state index is 4.72. The van der Waals surface area contributed by atoms with Crippen LogP contribution in [0.25, 0.3) is 26.9 Å². The highest BCUT2D eigenvalue weighted by atomic mass is 32.1. The third-order valence-corrected chi connectivity index (χ3v) is 4.80. The van der Waals surface area contributed by atoms with Gasteiger partial charge in [0.05, 0.1) is 27.8 Å². The molecule has 4 nitrogen and oxygen atoms in total. The summed E-state index contributed by atoms with van der Waals surface area (Å²) in [5.74, 6) is 0.990. The van der Waals surface area contributed by atoms with E-state index in [2.05, 4.69) is 56.5 Å². The number of amidine groups is 1. The molecule has 5 heteroatoms. The summed E-state index contributed by atoms with van der Waals surface area (Å²) in [6.07, 6.45) is 0. The molecule has 0 saturated heterocycles. The van der Waals surface area contributed by atoms with Crippen LogP contribution < -0.4 is 5.32 Å². The summed E-state index contributed by atoms with van der Waals surface area (Å²) < 4.78 is 3.52. The smallest absolute Gasteiger partial charge is 0.138 e. The maximum absolute atomic E-state index is 4.72. The summed E-state index contributed by atoms with van der Waals surface area (Å²) >= 11 is 1.76. The first-order valence-corrected chi connectivity index (χ1v) is 7.85. The van der Waals surface area contributed by atoms with Gasteiger partial charge < -0.3 is 5.32 Å². The zero-order valence-corrected chi connectivity index (χ0v) is 12.0. The van der Waals surface area contributed by atoms with E-state index in [-0.39, 0.29) is 0 Å². The van der Waals surface area contributed by atoms with Gasteiger partial charge in [0.15, 0.2) is 0 Å². The van der Waals surface area contributed by atoms with Crippen molar-refractivity contribution in [2.24, 2.45) is 4.99 Å². The molecule has 0 spiro atoms. The van der Waals surface area contributed by atoms with Crippen LogP contribution in [0.4, 0.5) is 0 Å². The number of pyridine rings is 1. The molecule has 5 rings (SSSR count). The summed E-state index contributed by atoms with van der Waals surface area (Å²) in [5.41, 5.74) is 5.51. The van der Waals surface area contributed by atoms with Crippen LogP contribution in [0.2, 0.25) is 0 Å². The molecule has 0 saturated carbocycles. The Bertz CT molecular complexity index is 1020. The molecule has 0 bridgehead atoms. The van der Waals surface area contributed by atoms with Gasteiger partial charge in [-0.15, -0.1) is 11.3 Å². The molecule has 1 N–H and O–H groups in total. The number of hydrogen-bond donors (Lipinski definition) is 1. The van der Waals surface area contributed by atoms with Crippen molar-refractivity contribution in [3.8, 4) is 0 Å². The molecule has 0 unspecified atom stereocenters. The van der Waals surface area contributed by atoms with Crippen LogP contribution in [0.3, 0.4) is 0 Å². The molecule has 1 aromatic carbocycles. The van der Waals surface area contributed by atoms with E-state index in [0.717, 1.165) is 41.2 Å². The first-order chi connectivity index (χ1) is 10.4. The molecule has 1 aliphatic heterocycles. The molecule has 3 aromatic heterocycles. The maximum Gasteiger partial charge on any atom is 0.138 e. The molecule has 0 amide bonds. The molecule has 0 aliphatic carbocycles. The molecule has 0 fully saturated rings. The Morgan fingerprint density at radius 2 is 2.10 bits per heavy atom. The Morgan fingerprint density at radius 1 is 1.10 bits per heavy atom. The summed E-state index contributed by atoms with van der Waals surface area (Å²) in [5, 5.41) is 5.46. The fourth-order valence-electron chi connectivity index (χ4n) is 2.97. The molecule has 0 atom stereocenters. The number of benzene rings is 1. The van der Waals surface area contributed by atoms with Crippen LogP contribution in [-0.4, -0.2) is 28.3 Å². The lowest BCUT2D eigenvalue weighted by atomic mass is 10.2. The number of hydrogen-bond acceptors (Lipinski definition) is 4. The van der Waals surface area contributed by atoms with E-state index in [0.29, 0.717) is 0 Å². The van der Waals surface area contributed by atoms with E-state index in [1.54, 1.807) is 11.3 Å². The molecule has 102 valence electrons. The summed E-state index contributed by atoms with van der Waals surface area (Å²) in [6.45, 7) is 1.78. The number of thiophene rings is 1. The minimum absolute atomic E-state index is 0.856. The number of nitrogens with zero attached hydrogens (tertiary/aromatic N) is 3. The van der Waals surface area contributed by atoms with Gasteiger partial charge in [-0.05, 0) is 41.8 Å². The SMILES string of the molecule is c1cc2c(ccc3nc4ccc(C5=NCCN5)cc4n32)s1. The fraction of sp³-hybridized carbons (Fsp3) is 0.125. The van der Waals surface area contributed by atoms with E-state index in [9.17, 15) is 0 Å². The van der Waals surface area contributed by atoms with Crippen molar-refractivity contribution in [1.82, 2.24) is 14.7 Å². The highest BCUT2D eigenvalue weighted by Gasteiger charge is 2.12. The van der Waals surface area contributed by atoms with Crippen LogP contribution in [0.15, 0.2) is 46.8 Å².